The minimum absolute atomic E-state index is 0. The largest absolute Gasteiger partial charge is 1.00 e. The van der Waals surface area contributed by atoms with E-state index in [9.17, 15) is 4.39 Å². The van der Waals surface area contributed by atoms with Crippen LogP contribution in [0.5, 0.6) is 5.75 Å². The molecule has 0 amide bonds. The fourth-order valence-corrected chi connectivity index (χ4v) is 5.54. The predicted molar refractivity (Wildman–Crippen MR) is 134 cm³/mol. The molecule has 0 unspecified atom stereocenters. The first kappa shape index (κ1) is 24.6. The summed E-state index contributed by atoms with van der Waals surface area (Å²) in [6.45, 7) is 6.53. The maximum Gasteiger partial charge on any atom is 1.00 e. The zero-order chi connectivity index (χ0) is 21.1. The summed E-state index contributed by atoms with van der Waals surface area (Å²) in [7, 11) is 0. The van der Waals surface area contributed by atoms with Crippen molar-refractivity contribution in [1.29, 1.82) is 0 Å². The quantitative estimate of drug-likeness (QED) is 0.179. The molecule has 2 aliphatic rings. The smallest absolute Gasteiger partial charge is 0.494 e. The van der Waals surface area contributed by atoms with Gasteiger partial charge < -0.3 is 37.4 Å². The number of rotatable bonds is 7. The Balaban J connectivity index is 0.00000272. The van der Waals surface area contributed by atoms with Crippen LogP contribution in [-0.2, 0) is 0 Å². The molecule has 0 spiro atoms. The molecular weight excluding hydrogens is 497 g/mol. The van der Waals surface area contributed by atoms with Crippen molar-refractivity contribution in [2.45, 2.75) is 31.7 Å². The maximum absolute atomic E-state index is 13.4. The molecule has 0 saturated carbocycles. The third-order valence-corrected chi connectivity index (χ3v) is 7.73. The van der Waals surface area contributed by atoms with E-state index in [1.54, 1.807) is 19.1 Å². The number of alkyl halides is 1. The van der Waals surface area contributed by atoms with E-state index >= 15 is 0 Å². The monoisotopic (exact) mass is 527 g/mol. The molecule has 162 valence electrons. The molecule has 4 rings (SSSR count). The van der Waals surface area contributed by atoms with Gasteiger partial charge in [-0.25, -0.2) is 4.39 Å². The molecule has 2 aliphatic heterocycles. The average Bonchev–Trinajstić information content (AvgIpc) is 3.05. The van der Waals surface area contributed by atoms with Crippen molar-refractivity contribution in [3.05, 3.63) is 59.4 Å². The summed E-state index contributed by atoms with van der Waals surface area (Å²) in [4.78, 5) is 7.33. The SMILES string of the molecule is C=I(C)=[C-]CN1c2[c-]cccc2[C@@H]2CN(CCCOc3ccc(F)c(C)c3)CC[C@@H]21.[Li+]. The van der Waals surface area contributed by atoms with Gasteiger partial charge >= 0.3 is 18.9 Å². The van der Waals surface area contributed by atoms with E-state index in [1.807, 2.05) is 6.07 Å². The minimum atomic E-state index is -1.22. The van der Waals surface area contributed by atoms with Gasteiger partial charge in [-0.2, -0.15) is 24.3 Å². The Bertz CT molecular complexity index is 976. The fourth-order valence-electron chi connectivity index (χ4n) is 4.59. The number of benzene rings is 2. The summed E-state index contributed by atoms with van der Waals surface area (Å²) in [5, 5.41) is 0. The molecular formula is C25H30FILiN2O-. The second kappa shape index (κ2) is 11.2. The van der Waals surface area contributed by atoms with Crippen molar-refractivity contribution >= 4 is 33.1 Å². The van der Waals surface area contributed by atoms with Gasteiger partial charge in [0.05, 0.1) is 6.61 Å². The molecule has 3 nitrogen and oxygen atoms in total. The molecule has 2 aromatic carbocycles. The third kappa shape index (κ3) is 5.87. The van der Waals surface area contributed by atoms with Crippen molar-refractivity contribution in [2.75, 3.05) is 42.6 Å². The topological polar surface area (TPSA) is 15.7 Å². The van der Waals surface area contributed by atoms with E-state index in [-0.39, 0.29) is 24.7 Å². The number of hydrogen-bond donors (Lipinski definition) is 0. The van der Waals surface area contributed by atoms with Crippen LogP contribution < -0.4 is 28.5 Å². The Labute approximate surface area is 204 Å². The Morgan fingerprint density at radius 3 is 2.97 bits per heavy atom. The number of fused-ring (bicyclic) bond motifs is 3. The zero-order valence-corrected chi connectivity index (χ0v) is 21.0. The minimum Gasteiger partial charge on any atom is -0.494 e. The van der Waals surface area contributed by atoms with Gasteiger partial charge in [-0.3, -0.25) is 0 Å². The van der Waals surface area contributed by atoms with Crippen LogP contribution in [0.1, 0.15) is 29.9 Å². The van der Waals surface area contributed by atoms with Gasteiger partial charge in [0.25, 0.3) is 0 Å². The van der Waals surface area contributed by atoms with E-state index in [4.69, 9.17) is 4.74 Å². The number of nitrogens with zero attached hydrogens (tertiary/aromatic N) is 2. The van der Waals surface area contributed by atoms with Crippen molar-refractivity contribution in [3.63, 3.8) is 0 Å². The number of likely N-dealkylation sites (tertiary alicyclic amines) is 1. The molecule has 0 radical (unpaired) electrons. The Kier molecular flexibility index (Phi) is 8.92. The summed E-state index contributed by atoms with van der Waals surface area (Å²) in [6.07, 6.45) is 2.14. The van der Waals surface area contributed by atoms with Gasteiger partial charge in [0, 0.05) is 19.1 Å². The molecule has 31 heavy (non-hydrogen) atoms. The van der Waals surface area contributed by atoms with E-state index in [2.05, 4.69) is 41.5 Å². The molecule has 2 heterocycles. The Morgan fingerprint density at radius 2 is 2.19 bits per heavy atom. The van der Waals surface area contributed by atoms with Gasteiger partial charge in [-0.15, -0.1) is 16.6 Å². The molecule has 2 atom stereocenters. The normalized spacial score (nSPS) is 21.3. The van der Waals surface area contributed by atoms with Gasteiger partial charge in [-0.05, 0) is 56.0 Å². The van der Waals surface area contributed by atoms with Crippen LogP contribution in [-0.4, -0.2) is 57.2 Å². The number of ether oxygens (including phenoxy) is 1. The van der Waals surface area contributed by atoms with Crippen LogP contribution in [0.4, 0.5) is 10.1 Å². The second-order valence-electron chi connectivity index (χ2n) is 8.20. The number of hydrogen-bond acceptors (Lipinski definition) is 3. The molecule has 0 aliphatic carbocycles. The van der Waals surface area contributed by atoms with Crippen molar-refractivity contribution in [1.82, 2.24) is 4.90 Å². The summed E-state index contributed by atoms with van der Waals surface area (Å²) in [5.74, 6) is 1.10. The van der Waals surface area contributed by atoms with Gasteiger partial charge in [-0.1, -0.05) is 10.6 Å². The number of para-hydroxylation sites is 1. The molecule has 0 bridgehead atoms. The molecule has 0 N–H and O–H groups in total. The number of aryl methyl sites for hydroxylation is 1. The van der Waals surface area contributed by atoms with Crippen LogP contribution in [0.15, 0.2) is 36.4 Å². The zero-order valence-electron chi connectivity index (χ0n) is 18.8. The molecule has 0 aromatic heterocycles. The Morgan fingerprint density at radius 1 is 1.35 bits per heavy atom. The first-order chi connectivity index (χ1) is 14.5. The first-order valence-electron chi connectivity index (χ1n) is 10.5. The first-order valence-corrected chi connectivity index (χ1v) is 15.3. The molecule has 1 saturated heterocycles. The predicted octanol–water partition coefficient (Wildman–Crippen LogP) is 1.63. The molecule has 1 fully saturated rings. The van der Waals surface area contributed by atoms with Crippen molar-refractivity contribution in [2.24, 2.45) is 0 Å². The molecule has 2 aromatic rings. The van der Waals surface area contributed by atoms with E-state index in [0.29, 0.717) is 24.1 Å². The van der Waals surface area contributed by atoms with E-state index in [1.165, 1.54) is 23.7 Å². The molecule has 6 heteroatoms. The fraction of sp³-hybridized carbons (Fsp3) is 0.440. The van der Waals surface area contributed by atoms with Gasteiger partial charge in [0.15, 0.2) is 0 Å². The van der Waals surface area contributed by atoms with Crippen LogP contribution in [0, 0.1) is 18.8 Å². The van der Waals surface area contributed by atoms with Crippen molar-refractivity contribution < 1.29 is 28.0 Å². The summed E-state index contributed by atoms with van der Waals surface area (Å²) < 4.78 is 27.1. The number of halogens is 2. The second-order valence-corrected chi connectivity index (χ2v) is 12.3. The van der Waals surface area contributed by atoms with Crippen LogP contribution in [0.2, 0.25) is 0 Å². The summed E-state index contributed by atoms with van der Waals surface area (Å²) in [5.41, 5.74) is 3.34. The van der Waals surface area contributed by atoms with Crippen LogP contribution in [0.3, 0.4) is 0 Å². The summed E-state index contributed by atoms with van der Waals surface area (Å²) >= 11 is -1.22. The van der Waals surface area contributed by atoms with Crippen molar-refractivity contribution in [3.8, 4) is 5.75 Å². The van der Waals surface area contributed by atoms with Gasteiger partial charge in [0.1, 0.15) is 11.6 Å². The average molecular weight is 527 g/mol. The maximum atomic E-state index is 13.4. The third-order valence-electron chi connectivity index (χ3n) is 6.09. The number of piperidine rings is 1. The summed E-state index contributed by atoms with van der Waals surface area (Å²) in [6, 6.07) is 15.4. The standard InChI is InChI=1S/C25H30FIN2O.Li/c1-19-17-20(9-10-23(19)26)30-16-6-13-28-14-11-25-22(18-28)21-7-4-5-8-24(21)29(25)15-12-27(2)3;/h4-5,7,9-10,17,22,25H,2,6,11,13-16,18H2,1,3H3;/q-2;+1/t22-,25-;/m0./s1. The van der Waals surface area contributed by atoms with Crippen LogP contribution in [0.25, 0.3) is 0 Å². The van der Waals surface area contributed by atoms with Crippen LogP contribution >= 0.6 is 18.9 Å². The van der Waals surface area contributed by atoms with E-state index in [0.717, 1.165) is 38.3 Å². The Hall–Kier alpha value is -1.00. The number of anilines is 1. The van der Waals surface area contributed by atoms with Gasteiger partial charge in [0.2, 0.25) is 0 Å². The van der Waals surface area contributed by atoms with E-state index < -0.39 is 18.9 Å².